The maximum Gasteiger partial charge on any atom is 0.332 e. The van der Waals surface area contributed by atoms with E-state index in [1.165, 1.54) is 6.07 Å². The van der Waals surface area contributed by atoms with E-state index in [1.807, 2.05) is 13.8 Å². The lowest BCUT2D eigenvalue weighted by Crippen LogP contribution is -2.32. The number of carbonyl (C=O) groups excluding carboxylic acids is 1. The first-order valence-corrected chi connectivity index (χ1v) is 8.62. The Hall–Kier alpha value is -2.40. The van der Waals surface area contributed by atoms with Gasteiger partial charge in [0.25, 0.3) is 10.0 Å². The van der Waals surface area contributed by atoms with Gasteiger partial charge in [-0.05, 0) is 18.1 Å². The van der Waals surface area contributed by atoms with Crippen LogP contribution in [0.2, 0.25) is 0 Å². The summed E-state index contributed by atoms with van der Waals surface area (Å²) in [5, 5.41) is 8.52. The maximum atomic E-state index is 12.1. The van der Waals surface area contributed by atoms with Crippen molar-refractivity contribution in [2.24, 2.45) is 10.9 Å². The van der Waals surface area contributed by atoms with Crippen molar-refractivity contribution >= 4 is 21.8 Å². The molecule has 0 spiro atoms. The van der Waals surface area contributed by atoms with Gasteiger partial charge in [-0.25, -0.2) is 13.2 Å². The number of hydrogen-bond acceptors (Lipinski definition) is 6. The maximum absolute atomic E-state index is 12.1. The molecular weight excluding hydrogens is 318 g/mol. The Labute approximate surface area is 135 Å². The van der Waals surface area contributed by atoms with E-state index < -0.39 is 22.0 Å². The predicted molar refractivity (Wildman–Crippen MR) is 83.1 cm³/mol. The molecule has 0 amide bonds. The largest absolute Gasteiger partial charge is 0.449 e. The minimum absolute atomic E-state index is 0.125. The number of esters is 1. The predicted octanol–water partition coefficient (Wildman–Crippen LogP) is 1.21. The van der Waals surface area contributed by atoms with Gasteiger partial charge in [0.15, 0.2) is 12.6 Å². The Morgan fingerprint density at radius 2 is 2.13 bits per heavy atom. The molecule has 2 atom stereocenters. The summed E-state index contributed by atoms with van der Waals surface area (Å²) < 4.78 is 31.4. The van der Waals surface area contributed by atoms with Crippen LogP contribution in [0.25, 0.3) is 0 Å². The van der Waals surface area contributed by atoms with E-state index in [1.54, 1.807) is 24.3 Å². The van der Waals surface area contributed by atoms with Gasteiger partial charge in [-0.2, -0.15) is 5.26 Å². The second kappa shape index (κ2) is 6.79. The molecule has 23 heavy (non-hydrogen) atoms. The van der Waals surface area contributed by atoms with Crippen molar-refractivity contribution in [1.82, 2.24) is 4.72 Å². The topological polar surface area (TPSA) is 109 Å². The molecule has 0 radical (unpaired) electrons. The number of fused-ring (bicyclic) bond motifs is 1. The van der Waals surface area contributed by atoms with Crippen LogP contribution in [0.15, 0.2) is 34.2 Å². The molecule has 0 saturated heterocycles. The first kappa shape index (κ1) is 17.0. The first-order valence-electron chi connectivity index (χ1n) is 7.14. The van der Waals surface area contributed by atoms with Crippen molar-refractivity contribution in [3.05, 3.63) is 29.8 Å². The molecule has 1 heterocycles. The summed E-state index contributed by atoms with van der Waals surface area (Å²) in [5.41, 5.74) is 0.425. The van der Waals surface area contributed by atoms with Crippen LogP contribution in [0.3, 0.4) is 0 Å². The quantitative estimate of drug-likeness (QED) is 0.813. The molecule has 0 aromatic heterocycles. The van der Waals surface area contributed by atoms with Gasteiger partial charge < -0.3 is 4.74 Å². The molecule has 1 aromatic carbocycles. The number of nitriles is 1. The van der Waals surface area contributed by atoms with Gasteiger partial charge >= 0.3 is 5.97 Å². The monoisotopic (exact) mass is 335 g/mol. The Morgan fingerprint density at radius 1 is 1.43 bits per heavy atom. The van der Waals surface area contributed by atoms with Crippen LogP contribution in [0.1, 0.15) is 25.8 Å². The minimum atomic E-state index is -3.66. The second-order valence-electron chi connectivity index (χ2n) is 5.18. The van der Waals surface area contributed by atoms with Gasteiger partial charge in [0.05, 0.1) is 4.90 Å². The molecule has 122 valence electrons. The zero-order chi connectivity index (χ0) is 17.0. The fraction of sp³-hybridized carbons (Fsp3) is 0.400. The summed E-state index contributed by atoms with van der Waals surface area (Å²) in [5.74, 6) is -0.678. The highest BCUT2D eigenvalue weighted by molar-refractivity contribution is 7.90. The fourth-order valence-corrected chi connectivity index (χ4v) is 3.43. The van der Waals surface area contributed by atoms with Gasteiger partial charge in [0.1, 0.15) is 11.9 Å². The summed E-state index contributed by atoms with van der Waals surface area (Å²) >= 11 is 0. The number of benzene rings is 1. The molecular formula is C15H17N3O4S. The molecule has 0 fully saturated rings. The molecule has 1 aliphatic rings. The highest BCUT2D eigenvalue weighted by atomic mass is 32.2. The number of nitrogens with zero attached hydrogens (tertiary/aromatic N) is 2. The number of carbonyl (C=O) groups is 1. The van der Waals surface area contributed by atoms with Crippen LogP contribution >= 0.6 is 0 Å². The Kier molecular flexibility index (Phi) is 5.01. The molecule has 1 aromatic rings. The summed E-state index contributed by atoms with van der Waals surface area (Å²) in [6.45, 7) is 3.35. The van der Waals surface area contributed by atoms with Crippen LogP contribution in [-0.2, 0) is 19.6 Å². The Balaban J connectivity index is 2.41. The van der Waals surface area contributed by atoms with E-state index in [0.29, 0.717) is 12.0 Å². The van der Waals surface area contributed by atoms with Gasteiger partial charge in [0, 0.05) is 5.56 Å². The molecule has 0 saturated carbocycles. The molecule has 1 aliphatic heterocycles. The lowest BCUT2D eigenvalue weighted by molar-refractivity contribution is -0.144. The summed E-state index contributed by atoms with van der Waals surface area (Å²) in [6.07, 6.45) is 0.650. The smallest absolute Gasteiger partial charge is 0.332 e. The molecule has 8 heteroatoms. The zero-order valence-electron chi connectivity index (χ0n) is 12.8. The number of aliphatic imine (C=N–C) groups is 1. The SMILES string of the molecule is CC[C@H](C)[C@H](N=C1NS(=O)(=O)c2ccccc21)C(=O)OCC#N. The number of nitrogens with one attached hydrogen (secondary N) is 1. The summed E-state index contributed by atoms with van der Waals surface area (Å²) in [7, 11) is -3.66. The van der Waals surface area contributed by atoms with E-state index >= 15 is 0 Å². The van der Waals surface area contributed by atoms with Crippen LogP contribution < -0.4 is 4.72 Å². The van der Waals surface area contributed by atoms with Gasteiger partial charge in [0.2, 0.25) is 0 Å². The molecule has 0 aliphatic carbocycles. The lowest BCUT2D eigenvalue weighted by Gasteiger charge is -2.17. The van der Waals surface area contributed by atoms with Crippen LogP contribution in [-0.4, -0.2) is 32.9 Å². The van der Waals surface area contributed by atoms with E-state index in [9.17, 15) is 13.2 Å². The summed E-state index contributed by atoms with van der Waals surface area (Å²) in [6, 6.07) is 7.27. The fourth-order valence-electron chi connectivity index (χ4n) is 2.19. The third-order valence-electron chi connectivity index (χ3n) is 3.63. The van der Waals surface area contributed by atoms with Crippen LogP contribution in [0, 0.1) is 17.2 Å². The Morgan fingerprint density at radius 3 is 2.78 bits per heavy atom. The molecule has 0 unspecified atom stereocenters. The van der Waals surface area contributed by atoms with Crippen molar-refractivity contribution in [3.63, 3.8) is 0 Å². The highest BCUT2D eigenvalue weighted by Crippen LogP contribution is 2.24. The number of ether oxygens (including phenoxy) is 1. The molecule has 7 nitrogen and oxygen atoms in total. The third-order valence-corrected chi connectivity index (χ3v) is 5.03. The van der Waals surface area contributed by atoms with Gasteiger partial charge in [-0.1, -0.05) is 32.4 Å². The Bertz CT molecular complexity index is 780. The standard InChI is InChI=1S/C15H17N3O4S/c1-3-10(2)13(15(19)22-9-8-16)17-14-11-6-4-5-7-12(11)23(20,21)18-14/h4-7,10,13H,3,9H2,1-2H3,(H,17,18)/t10-,13-/m0/s1. The van der Waals surface area contributed by atoms with Crippen molar-refractivity contribution in [2.45, 2.75) is 31.2 Å². The van der Waals surface area contributed by atoms with E-state index in [2.05, 4.69) is 9.71 Å². The van der Waals surface area contributed by atoms with Gasteiger partial charge in [-0.3, -0.25) is 9.71 Å². The average molecular weight is 335 g/mol. The van der Waals surface area contributed by atoms with E-state index in [0.717, 1.165) is 0 Å². The van der Waals surface area contributed by atoms with Crippen molar-refractivity contribution in [2.75, 3.05) is 6.61 Å². The van der Waals surface area contributed by atoms with E-state index in [-0.39, 0.29) is 23.3 Å². The van der Waals surface area contributed by atoms with Crippen LogP contribution in [0.4, 0.5) is 0 Å². The number of hydrogen-bond donors (Lipinski definition) is 1. The van der Waals surface area contributed by atoms with Crippen molar-refractivity contribution in [1.29, 1.82) is 5.26 Å². The summed E-state index contributed by atoms with van der Waals surface area (Å²) in [4.78, 5) is 16.5. The number of rotatable bonds is 5. The molecule has 0 bridgehead atoms. The van der Waals surface area contributed by atoms with Crippen LogP contribution in [0.5, 0.6) is 0 Å². The second-order valence-corrected chi connectivity index (χ2v) is 6.83. The van der Waals surface area contributed by atoms with E-state index in [4.69, 9.17) is 10.00 Å². The zero-order valence-corrected chi connectivity index (χ0v) is 13.6. The normalized spacial score (nSPS) is 19.3. The van der Waals surface area contributed by atoms with Gasteiger partial charge in [-0.15, -0.1) is 0 Å². The first-order chi connectivity index (χ1) is 10.9. The number of amidine groups is 1. The third kappa shape index (κ3) is 3.51. The van der Waals surface area contributed by atoms with Crippen molar-refractivity contribution in [3.8, 4) is 6.07 Å². The average Bonchev–Trinajstić information content (AvgIpc) is 2.80. The lowest BCUT2D eigenvalue weighted by atomic mass is 9.99. The number of sulfonamides is 1. The minimum Gasteiger partial charge on any atom is -0.449 e. The molecule has 2 rings (SSSR count). The molecule has 1 N–H and O–H groups in total. The highest BCUT2D eigenvalue weighted by Gasteiger charge is 2.33. The van der Waals surface area contributed by atoms with Crippen molar-refractivity contribution < 1.29 is 17.9 Å².